The number of hydrogen-bond acceptors (Lipinski definition) is 0. The molecule has 0 N–H and O–H groups in total. The van der Waals surface area contributed by atoms with Crippen LogP contribution in [0.5, 0.6) is 0 Å². The molecule has 1 unspecified atom stereocenters. The van der Waals surface area contributed by atoms with Crippen LogP contribution in [0.15, 0.2) is 23.8 Å². The van der Waals surface area contributed by atoms with Crippen molar-refractivity contribution in [1.29, 1.82) is 0 Å². The van der Waals surface area contributed by atoms with Crippen LogP contribution in [0.25, 0.3) is 0 Å². The number of rotatable bonds is 2. The van der Waals surface area contributed by atoms with Gasteiger partial charge < -0.3 is 0 Å². The minimum Gasteiger partial charge on any atom is -0.239 e. The largest absolute Gasteiger partial charge is 0.239 e. The molecule has 0 aliphatic heterocycles. The van der Waals surface area contributed by atoms with E-state index >= 15 is 0 Å². The normalized spacial score (nSPS) is 22.6. The molecule has 0 spiro atoms. The lowest BCUT2D eigenvalue weighted by Gasteiger charge is -2.21. The van der Waals surface area contributed by atoms with Crippen molar-refractivity contribution in [2.45, 2.75) is 38.8 Å². The third kappa shape index (κ3) is 1.92. The molecule has 1 aliphatic rings. The average molecular weight is 154 g/mol. The average Bonchev–Trinajstić information content (AvgIpc) is 2.06. The Bertz CT molecular complexity index is 187. The Morgan fingerprint density at radius 1 is 1.55 bits per heavy atom. The third-order valence-corrected chi connectivity index (χ3v) is 2.26. The highest BCUT2D eigenvalue weighted by Crippen LogP contribution is 2.28. The Morgan fingerprint density at radius 2 is 2.27 bits per heavy atom. The first-order valence-corrected chi connectivity index (χ1v) is 4.23. The van der Waals surface area contributed by atoms with Gasteiger partial charge in [0.05, 0.1) is 0 Å². The van der Waals surface area contributed by atoms with Crippen molar-refractivity contribution in [3.63, 3.8) is 0 Å². The van der Waals surface area contributed by atoms with Crippen LogP contribution in [0.4, 0.5) is 4.39 Å². The van der Waals surface area contributed by atoms with Gasteiger partial charge in [-0.25, -0.2) is 4.39 Å². The van der Waals surface area contributed by atoms with E-state index in [4.69, 9.17) is 0 Å². The first-order valence-electron chi connectivity index (χ1n) is 4.23. The summed E-state index contributed by atoms with van der Waals surface area (Å²) in [5, 5.41) is 0. The van der Waals surface area contributed by atoms with E-state index in [2.05, 4.69) is 0 Å². The highest BCUT2D eigenvalue weighted by molar-refractivity contribution is 5.30. The molecule has 0 radical (unpaired) electrons. The standard InChI is InChI=1S/C10H15F/c1-3-10(2,11)9-7-5-4-6-8-9/h5,7-8H,3-4,6H2,1-2H3. The van der Waals surface area contributed by atoms with E-state index in [1.54, 1.807) is 6.92 Å². The second-order valence-electron chi connectivity index (χ2n) is 3.19. The SMILES string of the molecule is CCC(C)(F)C1=CCCC=C1. The fourth-order valence-corrected chi connectivity index (χ4v) is 1.20. The van der Waals surface area contributed by atoms with E-state index in [0.29, 0.717) is 6.42 Å². The fourth-order valence-electron chi connectivity index (χ4n) is 1.20. The molecule has 0 heterocycles. The van der Waals surface area contributed by atoms with Gasteiger partial charge >= 0.3 is 0 Å². The van der Waals surface area contributed by atoms with Crippen LogP contribution in [0.3, 0.4) is 0 Å². The topological polar surface area (TPSA) is 0 Å². The Hall–Kier alpha value is -0.590. The Labute approximate surface area is 67.8 Å². The molecular formula is C10H15F. The summed E-state index contributed by atoms with van der Waals surface area (Å²) in [6.45, 7) is 3.53. The number of allylic oxidation sites excluding steroid dienone is 4. The maximum atomic E-state index is 13.6. The molecule has 0 aromatic carbocycles. The highest BCUT2D eigenvalue weighted by atomic mass is 19.1. The summed E-state index contributed by atoms with van der Waals surface area (Å²) >= 11 is 0. The Kier molecular flexibility index (Phi) is 2.48. The summed E-state index contributed by atoms with van der Waals surface area (Å²) in [5.41, 5.74) is -0.261. The molecular weight excluding hydrogens is 139 g/mol. The number of halogens is 1. The minimum atomic E-state index is -1.11. The van der Waals surface area contributed by atoms with Crippen molar-refractivity contribution < 1.29 is 4.39 Å². The summed E-state index contributed by atoms with van der Waals surface area (Å²) in [4.78, 5) is 0. The lowest BCUT2D eigenvalue weighted by Crippen LogP contribution is -2.19. The number of hydrogen-bond donors (Lipinski definition) is 0. The summed E-state index contributed by atoms with van der Waals surface area (Å²) in [6.07, 6.45) is 8.57. The molecule has 0 amide bonds. The maximum Gasteiger partial charge on any atom is 0.132 e. The van der Waals surface area contributed by atoms with Crippen LogP contribution in [-0.2, 0) is 0 Å². The Balaban J connectivity index is 2.73. The zero-order valence-corrected chi connectivity index (χ0v) is 7.23. The molecule has 62 valence electrons. The molecule has 11 heavy (non-hydrogen) atoms. The molecule has 1 heteroatoms. The lowest BCUT2D eigenvalue weighted by molar-refractivity contribution is 0.236. The molecule has 1 aliphatic carbocycles. The highest BCUT2D eigenvalue weighted by Gasteiger charge is 2.24. The maximum absolute atomic E-state index is 13.6. The second kappa shape index (κ2) is 3.21. The van der Waals surface area contributed by atoms with Crippen LogP contribution >= 0.6 is 0 Å². The molecule has 0 bridgehead atoms. The molecule has 0 nitrogen and oxygen atoms in total. The second-order valence-corrected chi connectivity index (χ2v) is 3.19. The van der Waals surface area contributed by atoms with Crippen LogP contribution in [-0.4, -0.2) is 5.67 Å². The van der Waals surface area contributed by atoms with Gasteiger partial charge in [-0.3, -0.25) is 0 Å². The van der Waals surface area contributed by atoms with E-state index in [0.717, 1.165) is 18.4 Å². The monoisotopic (exact) mass is 154 g/mol. The van der Waals surface area contributed by atoms with Gasteiger partial charge in [0.1, 0.15) is 5.67 Å². The van der Waals surface area contributed by atoms with Crippen LogP contribution in [0, 0.1) is 0 Å². The summed E-state index contributed by atoms with van der Waals surface area (Å²) in [5.74, 6) is 0. The van der Waals surface area contributed by atoms with Gasteiger partial charge in [-0.05, 0) is 31.8 Å². The van der Waals surface area contributed by atoms with E-state index in [-0.39, 0.29) is 0 Å². The van der Waals surface area contributed by atoms with E-state index in [1.807, 2.05) is 25.2 Å². The van der Waals surface area contributed by atoms with Gasteiger partial charge in [0.25, 0.3) is 0 Å². The summed E-state index contributed by atoms with van der Waals surface area (Å²) in [7, 11) is 0. The first kappa shape index (κ1) is 8.51. The van der Waals surface area contributed by atoms with E-state index in [1.165, 1.54) is 0 Å². The van der Waals surface area contributed by atoms with Crippen molar-refractivity contribution in [3.05, 3.63) is 23.8 Å². The fraction of sp³-hybridized carbons (Fsp3) is 0.600. The molecule has 0 saturated carbocycles. The van der Waals surface area contributed by atoms with Crippen molar-refractivity contribution in [1.82, 2.24) is 0 Å². The van der Waals surface area contributed by atoms with Crippen LogP contribution in [0.1, 0.15) is 33.1 Å². The van der Waals surface area contributed by atoms with Crippen LogP contribution in [0.2, 0.25) is 0 Å². The summed E-state index contributed by atoms with van der Waals surface area (Å²) < 4.78 is 13.6. The lowest BCUT2D eigenvalue weighted by atomic mass is 9.91. The predicted molar refractivity (Wildman–Crippen MR) is 46.3 cm³/mol. The zero-order valence-electron chi connectivity index (χ0n) is 7.23. The van der Waals surface area contributed by atoms with Crippen molar-refractivity contribution in [2.24, 2.45) is 0 Å². The van der Waals surface area contributed by atoms with Gasteiger partial charge in [-0.2, -0.15) is 0 Å². The first-order chi connectivity index (χ1) is 5.17. The van der Waals surface area contributed by atoms with Gasteiger partial charge in [0, 0.05) is 0 Å². The molecule has 1 rings (SSSR count). The minimum absolute atomic E-state index is 0.559. The molecule has 0 fully saturated rings. The van der Waals surface area contributed by atoms with Crippen molar-refractivity contribution in [3.8, 4) is 0 Å². The van der Waals surface area contributed by atoms with Crippen LogP contribution < -0.4 is 0 Å². The van der Waals surface area contributed by atoms with Gasteiger partial charge in [0.15, 0.2) is 0 Å². The molecule has 1 atom stereocenters. The van der Waals surface area contributed by atoms with Crippen molar-refractivity contribution in [2.75, 3.05) is 0 Å². The molecule has 0 aromatic heterocycles. The summed E-state index contributed by atoms with van der Waals surface area (Å²) in [6, 6.07) is 0. The van der Waals surface area contributed by atoms with E-state index in [9.17, 15) is 4.39 Å². The predicted octanol–water partition coefficient (Wildman–Crippen LogP) is 3.40. The quantitative estimate of drug-likeness (QED) is 0.571. The smallest absolute Gasteiger partial charge is 0.132 e. The zero-order chi connectivity index (χ0) is 8.32. The third-order valence-electron chi connectivity index (χ3n) is 2.26. The Morgan fingerprint density at radius 3 is 2.73 bits per heavy atom. The van der Waals surface area contributed by atoms with Gasteiger partial charge in [-0.15, -0.1) is 0 Å². The van der Waals surface area contributed by atoms with Gasteiger partial charge in [0.2, 0.25) is 0 Å². The molecule has 0 saturated heterocycles. The number of alkyl halides is 1. The van der Waals surface area contributed by atoms with E-state index < -0.39 is 5.67 Å². The molecule has 0 aromatic rings. The van der Waals surface area contributed by atoms with Crippen molar-refractivity contribution >= 4 is 0 Å². The van der Waals surface area contributed by atoms with Gasteiger partial charge in [-0.1, -0.05) is 25.2 Å².